The lowest BCUT2D eigenvalue weighted by atomic mass is 9.86. The van der Waals surface area contributed by atoms with Crippen LogP contribution in [0.3, 0.4) is 0 Å². The van der Waals surface area contributed by atoms with Gasteiger partial charge in [0.1, 0.15) is 16.9 Å². The van der Waals surface area contributed by atoms with Crippen LogP contribution >= 0.6 is 34.2 Å². The van der Waals surface area contributed by atoms with Crippen LogP contribution in [0.5, 0.6) is 0 Å². The first-order valence-electron chi connectivity index (χ1n) is 25.3. The molecule has 0 spiro atoms. The molecule has 2 amide bonds. The number of aryl methyl sites for hydroxylation is 2. The van der Waals surface area contributed by atoms with Crippen molar-refractivity contribution < 1.29 is 40.4 Å². The Kier molecular flexibility index (Phi) is 17.5. The molecule has 1 unspecified atom stereocenters. The molecule has 0 radical (unpaired) electrons. The van der Waals surface area contributed by atoms with Gasteiger partial charge < -0.3 is 35.3 Å². The zero-order valence-electron chi connectivity index (χ0n) is 43.0. The second-order valence-corrected chi connectivity index (χ2v) is 28.0. The minimum absolute atomic E-state index is 0.0400. The highest BCUT2D eigenvalue weighted by molar-refractivity contribution is 7.92. The number of anilines is 4. The Balaban J connectivity index is 0.807. The molecular weight excluding hydrogens is 1040 g/mol. The lowest BCUT2D eigenvalue weighted by Gasteiger charge is -2.28. The van der Waals surface area contributed by atoms with Crippen LogP contribution in [-0.2, 0) is 35.6 Å². The summed E-state index contributed by atoms with van der Waals surface area (Å²) in [4.78, 5) is 36.7. The van der Waals surface area contributed by atoms with E-state index in [4.69, 9.17) is 24.0 Å². The second-order valence-electron chi connectivity index (χ2n) is 20.1. The second kappa shape index (κ2) is 23.6. The molecule has 0 saturated heterocycles. The number of hydrogen-bond donors (Lipinski definition) is 4. The number of amides is 2. The van der Waals surface area contributed by atoms with Crippen molar-refractivity contribution in [2.75, 3.05) is 10.6 Å². The first-order valence-corrected chi connectivity index (χ1v) is 30.8. The first-order chi connectivity index (χ1) is 35.2. The van der Waals surface area contributed by atoms with E-state index >= 15 is 0 Å². The maximum absolute atomic E-state index is 13.8. The lowest BCUT2D eigenvalue weighted by molar-refractivity contribution is 0.0968. The molecule has 6 aromatic rings. The van der Waals surface area contributed by atoms with Gasteiger partial charge in [0, 0.05) is 64.9 Å². The molecule has 22 heteroatoms. The van der Waals surface area contributed by atoms with Crippen LogP contribution in [0.4, 0.5) is 31.8 Å². The van der Waals surface area contributed by atoms with Crippen molar-refractivity contribution in [1.29, 1.82) is 0 Å². The Morgan fingerprint density at radius 3 is 1.65 bits per heavy atom. The van der Waals surface area contributed by atoms with Crippen molar-refractivity contribution in [2.45, 2.75) is 176 Å². The van der Waals surface area contributed by atoms with Crippen molar-refractivity contribution in [3.63, 3.8) is 0 Å². The number of hydrogen-bond acceptors (Lipinski definition) is 18. The smallest absolute Gasteiger partial charge is 0.407 e. The average molecular weight is 1110 g/mol. The van der Waals surface area contributed by atoms with Gasteiger partial charge in [-0.1, -0.05) is 17.3 Å². The van der Waals surface area contributed by atoms with Gasteiger partial charge in [-0.15, -0.1) is 22.7 Å². The van der Waals surface area contributed by atoms with Gasteiger partial charge in [0.05, 0.1) is 51.9 Å². The average Bonchev–Trinajstić information content (AvgIpc) is 4.20. The number of aromatic nitrogens is 4. The summed E-state index contributed by atoms with van der Waals surface area (Å²) in [7, 11) is -7.32. The number of alkyl carbamates (subject to hydrolysis) is 2. The molecule has 4 heterocycles. The Labute approximate surface area is 446 Å². The molecule has 0 bridgehead atoms. The van der Waals surface area contributed by atoms with Crippen LogP contribution in [0, 0.1) is 6.92 Å². The fraction of sp³-hybridized carbons (Fsp3) is 0.500. The van der Waals surface area contributed by atoms with Crippen molar-refractivity contribution in [2.24, 2.45) is 0 Å². The molecule has 4 N–H and O–H groups in total. The van der Waals surface area contributed by atoms with Crippen LogP contribution in [0.2, 0.25) is 0 Å². The number of thiazole rings is 2. The van der Waals surface area contributed by atoms with Crippen molar-refractivity contribution >= 4 is 88.3 Å². The highest BCUT2D eigenvalue weighted by Crippen LogP contribution is 2.43. The van der Waals surface area contributed by atoms with Gasteiger partial charge in [0.15, 0.2) is 25.5 Å². The number of nitrogens with one attached hydrogen (secondary N) is 4. The number of ether oxygens (including phenoxy) is 2. The van der Waals surface area contributed by atoms with Crippen molar-refractivity contribution in [3.05, 3.63) is 82.4 Å². The Bertz CT molecular complexity index is 3130. The summed E-state index contributed by atoms with van der Waals surface area (Å²) < 4.78 is 75.6. The number of sulfone groups is 2. The van der Waals surface area contributed by atoms with E-state index in [9.17, 15) is 26.4 Å². The summed E-state index contributed by atoms with van der Waals surface area (Å²) in [6.07, 6.45) is 9.77. The molecule has 398 valence electrons. The standard InChI is InChI=1S/C52H66N8O9S5/c1-29(2)67-51(61)57-36-15-10-34(11-16-36)49-54-28-44(71-49)42-22-20-39(25-46(42)74(65,66)31(5)6)56-48-26-40(60-72-48)14-9-32(7)68-52(62)58-37-17-12-35(13-18-37)50-53-27-43(70-50)41-21-19-38(55-47-23-33(8)69-59-47)24-45(41)73(63,64)30(3)4/h19-32,34-37,56H,9-18H2,1-8H3,(H,55,59)(H,57,61)(H,58,62). The number of nitrogens with zero attached hydrogens (tertiary/aromatic N) is 4. The number of benzene rings is 2. The lowest BCUT2D eigenvalue weighted by Crippen LogP contribution is -2.39. The maximum atomic E-state index is 13.8. The normalized spacial score (nSPS) is 18.9. The molecule has 17 nitrogen and oxygen atoms in total. The Morgan fingerprint density at radius 1 is 0.676 bits per heavy atom. The van der Waals surface area contributed by atoms with Gasteiger partial charge in [-0.3, -0.25) is 0 Å². The molecule has 74 heavy (non-hydrogen) atoms. The minimum atomic E-state index is -3.68. The fourth-order valence-electron chi connectivity index (χ4n) is 9.17. The van der Waals surface area contributed by atoms with E-state index in [-0.39, 0.29) is 45.9 Å². The molecule has 8 rings (SSSR count). The molecule has 2 aliphatic carbocycles. The highest BCUT2D eigenvalue weighted by atomic mass is 32.2. The molecule has 2 aliphatic rings. The van der Waals surface area contributed by atoms with Crippen LogP contribution in [-0.4, -0.2) is 83.3 Å². The summed E-state index contributed by atoms with van der Waals surface area (Å²) >= 11 is 4.31. The molecule has 1 atom stereocenters. The quantitative estimate of drug-likeness (QED) is 0.0590. The van der Waals surface area contributed by atoms with Crippen LogP contribution in [0.25, 0.3) is 20.9 Å². The highest BCUT2D eigenvalue weighted by Gasteiger charge is 2.31. The van der Waals surface area contributed by atoms with E-state index < -0.39 is 42.4 Å². The third-order valence-electron chi connectivity index (χ3n) is 13.4. The van der Waals surface area contributed by atoms with Gasteiger partial charge in [-0.2, -0.15) is 4.37 Å². The summed E-state index contributed by atoms with van der Waals surface area (Å²) in [6, 6.07) is 14.4. The van der Waals surface area contributed by atoms with Gasteiger partial charge in [-0.05, 0) is 161 Å². The first kappa shape index (κ1) is 54.8. The SMILES string of the molecule is Cc1cc(Nc2ccc(-c3cnc(C4CCC(NC(=O)OC(C)CCc5cc(Nc6ccc(-c7cnc(C8CCC(NC(=O)OC(C)C)CC8)s7)c(S(=O)(=O)C(C)C)c6)sn5)CC4)s3)c(S(=O)(=O)C(C)C)c2)no1. The molecular formula is C52H66N8O9S5. The van der Waals surface area contributed by atoms with Gasteiger partial charge in [0.25, 0.3) is 0 Å². The van der Waals surface area contributed by atoms with Crippen LogP contribution < -0.4 is 21.3 Å². The summed E-state index contributed by atoms with van der Waals surface area (Å²) in [5.74, 6) is 1.54. The van der Waals surface area contributed by atoms with Gasteiger partial charge in [-0.25, -0.2) is 36.4 Å². The topological polar surface area (TPSA) is 234 Å². The molecule has 4 aromatic heterocycles. The summed E-state index contributed by atoms with van der Waals surface area (Å²) in [6.45, 7) is 14.0. The third-order valence-corrected chi connectivity index (χ3v) is 20.9. The molecule has 2 aromatic carbocycles. The van der Waals surface area contributed by atoms with E-state index in [0.29, 0.717) is 46.9 Å². The predicted molar refractivity (Wildman–Crippen MR) is 292 cm³/mol. The van der Waals surface area contributed by atoms with Gasteiger partial charge in [0.2, 0.25) is 0 Å². The van der Waals surface area contributed by atoms with E-state index in [1.165, 1.54) is 34.2 Å². The van der Waals surface area contributed by atoms with E-state index in [0.717, 1.165) is 81.8 Å². The monoisotopic (exact) mass is 1110 g/mol. The van der Waals surface area contributed by atoms with Gasteiger partial charge >= 0.3 is 12.2 Å². The fourth-order valence-corrected chi connectivity index (χ4v) is 14.8. The summed E-state index contributed by atoms with van der Waals surface area (Å²) in [5.41, 5.74) is 3.26. The Morgan fingerprint density at radius 2 is 1.18 bits per heavy atom. The van der Waals surface area contributed by atoms with E-state index in [1.54, 1.807) is 65.2 Å². The maximum Gasteiger partial charge on any atom is 0.407 e. The minimum Gasteiger partial charge on any atom is -0.447 e. The van der Waals surface area contributed by atoms with Crippen molar-refractivity contribution in [3.8, 4) is 20.9 Å². The Hall–Kier alpha value is -5.42. The number of carbonyl (C=O) groups excluding carboxylic acids is 2. The molecule has 0 aliphatic heterocycles. The summed E-state index contributed by atoms with van der Waals surface area (Å²) in [5, 5.41) is 17.9. The van der Waals surface area contributed by atoms with E-state index in [1.807, 2.05) is 51.1 Å². The largest absolute Gasteiger partial charge is 0.447 e. The number of rotatable bonds is 19. The number of carbonyl (C=O) groups is 2. The van der Waals surface area contributed by atoms with Crippen LogP contribution in [0.15, 0.2) is 75.2 Å². The van der Waals surface area contributed by atoms with E-state index in [2.05, 4.69) is 30.8 Å². The molecule has 2 saturated carbocycles. The van der Waals surface area contributed by atoms with Crippen LogP contribution in [0.1, 0.15) is 140 Å². The third kappa shape index (κ3) is 13.5. The zero-order valence-corrected chi connectivity index (χ0v) is 47.1. The molecule has 2 fully saturated rings. The van der Waals surface area contributed by atoms with Crippen molar-refractivity contribution in [1.82, 2.24) is 30.1 Å². The zero-order chi connectivity index (χ0) is 52.9. The predicted octanol–water partition coefficient (Wildman–Crippen LogP) is 12.5.